The van der Waals surface area contributed by atoms with Gasteiger partial charge in [-0.1, -0.05) is 12.1 Å². The average molecular weight is 368 g/mol. The second-order valence-electron chi connectivity index (χ2n) is 5.59. The van der Waals surface area contributed by atoms with Crippen LogP contribution in [0, 0.1) is 5.82 Å². The topological polar surface area (TPSA) is 70.4 Å². The number of benzene rings is 2. The van der Waals surface area contributed by atoms with Crippen LogP contribution in [0.4, 0.5) is 4.39 Å². The highest BCUT2D eigenvalue weighted by molar-refractivity contribution is 5.88. The minimum atomic E-state index is -0.811. The lowest BCUT2D eigenvalue weighted by molar-refractivity contribution is 0.0515. The minimum Gasteiger partial charge on any atom is -0.497 e. The van der Waals surface area contributed by atoms with E-state index < -0.39 is 17.2 Å². The summed E-state index contributed by atoms with van der Waals surface area (Å²) in [6.45, 7) is 1.76. The molecule has 7 heteroatoms. The molecule has 0 radical (unpaired) electrons. The lowest BCUT2D eigenvalue weighted by Gasteiger charge is -2.11. The van der Waals surface area contributed by atoms with Crippen LogP contribution < -0.4 is 10.2 Å². The maximum atomic E-state index is 13.2. The van der Waals surface area contributed by atoms with Crippen LogP contribution in [0.5, 0.6) is 5.75 Å². The Morgan fingerprint density at radius 2 is 1.78 bits per heavy atom. The standard InChI is InChI=1S/C20H17FN2O4/c1-3-27-20(25)18-19(24)17(13-4-6-14(21)7-5-13)12-23(22-18)15-8-10-16(26-2)11-9-15/h4-12H,3H2,1-2H3. The molecule has 3 aromatic rings. The molecule has 0 spiro atoms. The highest BCUT2D eigenvalue weighted by atomic mass is 19.1. The molecule has 0 aliphatic heterocycles. The molecule has 27 heavy (non-hydrogen) atoms. The number of hydrogen-bond acceptors (Lipinski definition) is 5. The van der Waals surface area contributed by atoms with Crippen molar-refractivity contribution >= 4 is 5.97 Å². The first kappa shape index (κ1) is 18.3. The van der Waals surface area contributed by atoms with Crippen LogP contribution in [-0.4, -0.2) is 29.5 Å². The minimum absolute atomic E-state index is 0.114. The number of nitrogens with zero attached hydrogens (tertiary/aromatic N) is 2. The molecule has 1 heterocycles. The predicted octanol–water partition coefficient (Wildman–Crippen LogP) is 3.22. The molecular weight excluding hydrogens is 351 g/mol. The third-order valence-electron chi connectivity index (χ3n) is 3.88. The van der Waals surface area contributed by atoms with Gasteiger partial charge in [0.05, 0.1) is 25.0 Å². The van der Waals surface area contributed by atoms with Crippen LogP contribution >= 0.6 is 0 Å². The Hall–Kier alpha value is -3.48. The third-order valence-corrected chi connectivity index (χ3v) is 3.88. The van der Waals surface area contributed by atoms with E-state index in [-0.39, 0.29) is 17.9 Å². The Bertz CT molecular complexity index is 1010. The monoisotopic (exact) mass is 368 g/mol. The van der Waals surface area contributed by atoms with Crippen molar-refractivity contribution in [2.45, 2.75) is 6.92 Å². The predicted molar refractivity (Wildman–Crippen MR) is 97.7 cm³/mol. The average Bonchev–Trinajstić information content (AvgIpc) is 2.69. The van der Waals surface area contributed by atoms with Gasteiger partial charge in [0.2, 0.25) is 11.1 Å². The summed E-state index contributed by atoms with van der Waals surface area (Å²) < 4.78 is 24.7. The lowest BCUT2D eigenvalue weighted by Crippen LogP contribution is -2.24. The summed E-state index contributed by atoms with van der Waals surface area (Å²) in [6, 6.07) is 12.4. The Balaban J connectivity index is 2.19. The van der Waals surface area contributed by atoms with Crippen molar-refractivity contribution in [1.29, 1.82) is 0 Å². The zero-order valence-electron chi connectivity index (χ0n) is 14.8. The maximum Gasteiger partial charge on any atom is 0.362 e. The summed E-state index contributed by atoms with van der Waals surface area (Å²) in [5, 5.41) is 4.14. The number of halogens is 1. The Morgan fingerprint density at radius 1 is 1.11 bits per heavy atom. The summed E-state index contributed by atoms with van der Waals surface area (Å²) in [5.74, 6) is -0.577. The van der Waals surface area contributed by atoms with Gasteiger partial charge >= 0.3 is 5.97 Å². The molecule has 0 atom stereocenters. The van der Waals surface area contributed by atoms with Gasteiger partial charge in [0.15, 0.2) is 0 Å². The van der Waals surface area contributed by atoms with Crippen molar-refractivity contribution in [3.8, 4) is 22.6 Å². The SMILES string of the molecule is CCOC(=O)c1nn(-c2ccc(OC)cc2)cc(-c2ccc(F)cc2)c1=O. The number of aromatic nitrogens is 2. The molecule has 138 valence electrons. The van der Waals surface area contributed by atoms with E-state index in [2.05, 4.69) is 5.10 Å². The van der Waals surface area contributed by atoms with Crippen molar-refractivity contribution in [3.63, 3.8) is 0 Å². The molecular formula is C20H17FN2O4. The van der Waals surface area contributed by atoms with E-state index in [0.29, 0.717) is 17.0 Å². The number of carbonyl (C=O) groups excluding carboxylic acids is 1. The third kappa shape index (κ3) is 3.87. The molecule has 0 saturated heterocycles. The summed E-state index contributed by atoms with van der Waals surface area (Å²) in [4.78, 5) is 25.0. The number of rotatable bonds is 5. The van der Waals surface area contributed by atoms with Crippen LogP contribution in [0.15, 0.2) is 59.5 Å². The number of methoxy groups -OCH3 is 1. The normalized spacial score (nSPS) is 10.5. The molecule has 1 aromatic heterocycles. The number of carbonyl (C=O) groups is 1. The molecule has 2 aromatic carbocycles. The highest BCUT2D eigenvalue weighted by Gasteiger charge is 2.19. The van der Waals surface area contributed by atoms with E-state index in [9.17, 15) is 14.0 Å². The molecule has 0 fully saturated rings. The summed E-state index contributed by atoms with van der Waals surface area (Å²) >= 11 is 0. The van der Waals surface area contributed by atoms with Gasteiger partial charge in [0.25, 0.3) is 0 Å². The zero-order chi connectivity index (χ0) is 19.4. The highest BCUT2D eigenvalue weighted by Crippen LogP contribution is 2.19. The smallest absolute Gasteiger partial charge is 0.362 e. The van der Waals surface area contributed by atoms with Gasteiger partial charge in [-0.2, -0.15) is 5.10 Å². The number of esters is 1. The van der Waals surface area contributed by atoms with Crippen molar-refractivity contribution in [1.82, 2.24) is 9.78 Å². The van der Waals surface area contributed by atoms with Crippen molar-refractivity contribution in [3.05, 3.63) is 76.5 Å². The van der Waals surface area contributed by atoms with Crippen LogP contribution in [0.3, 0.4) is 0 Å². The Morgan fingerprint density at radius 3 is 2.37 bits per heavy atom. The Kier molecular flexibility index (Phi) is 5.30. The van der Waals surface area contributed by atoms with Crippen molar-refractivity contribution in [2.24, 2.45) is 0 Å². The summed E-state index contributed by atoms with van der Waals surface area (Å²) in [7, 11) is 1.55. The molecule has 0 unspecified atom stereocenters. The largest absolute Gasteiger partial charge is 0.497 e. The van der Waals surface area contributed by atoms with Gasteiger partial charge in [0.1, 0.15) is 11.6 Å². The molecule has 0 bridgehead atoms. The van der Waals surface area contributed by atoms with E-state index in [4.69, 9.17) is 9.47 Å². The van der Waals surface area contributed by atoms with E-state index in [1.54, 1.807) is 38.3 Å². The fraction of sp³-hybridized carbons (Fsp3) is 0.150. The van der Waals surface area contributed by atoms with E-state index in [1.807, 2.05) is 0 Å². The number of hydrogen-bond donors (Lipinski definition) is 0. The second kappa shape index (κ2) is 7.82. The molecule has 0 N–H and O–H groups in total. The molecule has 6 nitrogen and oxygen atoms in total. The fourth-order valence-corrected chi connectivity index (χ4v) is 2.53. The van der Waals surface area contributed by atoms with E-state index in [0.717, 1.165) is 0 Å². The van der Waals surface area contributed by atoms with Gasteiger partial charge < -0.3 is 9.47 Å². The summed E-state index contributed by atoms with van der Waals surface area (Å²) in [6.07, 6.45) is 1.50. The number of ether oxygens (including phenoxy) is 2. The first-order valence-electron chi connectivity index (χ1n) is 8.25. The molecule has 0 amide bonds. The molecule has 3 rings (SSSR count). The van der Waals surface area contributed by atoms with E-state index in [1.165, 1.54) is 35.1 Å². The van der Waals surface area contributed by atoms with Crippen molar-refractivity contribution in [2.75, 3.05) is 13.7 Å². The van der Waals surface area contributed by atoms with Crippen LogP contribution in [0.25, 0.3) is 16.8 Å². The van der Waals surface area contributed by atoms with Crippen molar-refractivity contribution < 1.29 is 18.7 Å². The second-order valence-corrected chi connectivity index (χ2v) is 5.59. The van der Waals surface area contributed by atoms with Gasteiger partial charge in [-0.05, 0) is 48.9 Å². The van der Waals surface area contributed by atoms with Gasteiger partial charge in [-0.15, -0.1) is 0 Å². The van der Waals surface area contributed by atoms with Gasteiger partial charge in [0, 0.05) is 6.20 Å². The van der Waals surface area contributed by atoms with Crippen LogP contribution in [0.1, 0.15) is 17.4 Å². The quantitative estimate of drug-likeness (QED) is 0.647. The first-order valence-corrected chi connectivity index (χ1v) is 8.25. The van der Waals surface area contributed by atoms with E-state index >= 15 is 0 Å². The Labute approximate surface area is 154 Å². The first-order chi connectivity index (χ1) is 13.0. The van der Waals surface area contributed by atoms with Gasteiger partial charge in [-0.3, -0.25) is 4.79 Å². The van der Waals surface area contributed by atoms with Crippen LogP contribution in [0.2, 0.25) is 0 Å². The maximum absolute atomic E-state index is 13.2. The zero-order valence-corrected chi connectivity index (χ0v) is 14.8. The summed E-state index contributed by atoms with van der Waals surface area (Å²) in [5.41, 5.74) is 0.379. The lowest BCUT2D eigenvalue weighted by atomic mass is 10.1. The molecule has 0 saturated carbocycles. The van der Waals surface area contributed by atoms with Crippen LogP contribution in [-0.2, 0) is 4.74 Å². The molecule has 0 aliphatic carbocycles. The fourth-order valence-electron chi connectivity index (χ4n) is 2.53. The van der Waals surface area contributed by atoms with Gasteiger partial charge in [-0.25, -0.2) is 13.9 Å². The molecule has 0 aliphatic rings.